The van der Waals surface area contributed by atoms with E-state index in [4.69, 9.17) is 9.47 Å². The number of carbonyl (C=O) groups excluding carboxylic acids is 2. The second-order valence-corrected chi connectivity index (χ2v) is 24.6. The van der Waals surface area contributed by atoms with Gasteiger partial charge in [-0.05, 0) is 0 Å². The average Bonchev–Trinajstić information content (AvgIpc) is 2.76. The fraction of sp³-hybridized carbons (Fsp3) is 0.923. The molecule has 32 heavy (non-hydrogen) atoms. The van der Waals surface area contributed by atoms with Gasteiger partial charge < -0.3 is 0 Å². The Hall–Kier alpha value is -0.461. The molecule has 0 aliphatic heterocycles. The Morgan fingerprint density at radius 3 is 1.72 bits per heavy atom. The van der Waals surface area contributed by atoms with E-state index in [-0.39, 0.29) is 4.06 Å². The first-order chi connectivity index (χ1) is 15.2. The number of imide groups is 1. The summed E-state index contributed by atoms with van der Waals surface area (Å²) in [6.45, 7) is 12.4. The number of carbonyl (C=O) groups is 2. The molecule has 0 spiro atoms. The molecule has 0 bridgehead atoms. The molecule has 188 valence electrons. The van der Waals surface area contributed by atoms with Gasteiger partial charge in [0.2, 0.25) is 0 Å². The van der Waals surface area contributed by atoms with Crippen LogP contribution in [-0.2, 0) is 9.47 Å². The minimum atomic E-state index is -3.03. The number of hydrogen-bond acceptors (Lipinski definition) is 4. The van der Waals surface area contributed by atoms with E-state index in [1.165, 1.54) is 83.1 Å². The van der Waals surface area contributed by atoms with Gasteiger partial charge in [-0.1, -0.05) is 0 Å². The van der Waals surface area contributed by atoms with Crippen molar-refractivity contribution in [1.29, 1.82) is 0 Å². The molecular formula is C26H51NO4Sn. The minimum absolute atomic E-state index is 0.0385. The first-order valence-electron chi connectivity index (χ1n) is 13.3. The van der Waals surface area contributed by atoms with Crippen LogP contribution < -0.4 is 0 Å². The monoisotopic (exact) mass is 561 g/mol. The van der Waals surface area contributed by atoms with E-state index < -0.39 is 36.2 Å². The van der Waals surface area contributed by atoms with E-state index in [9.17, 15) is 9.59 Å². The van der Waals surface area contributed by atoms with Gasteiger partial charge in [-0.15, -0.1) is 0 Å². The van der Waals surface area contributed by atoms with Gasteiger partial charge in [0.15, 0.2) is 0 Å². The Bertz CT molecular complexity index is 533. The summed E-state index contributed by atoms with van der Waals surface area (Å²) in [4.78, 5) is 28.3. The summed E-state index contributed by atoms with van der Waals surface area (Å²) < 4.78 is 14.9. The van der Waals surface area contributed by atoms with Crippen LogP contribution in [0.3, 0.4) is 0 Å². The first-order valence-corrected chi connectivity index (χ1v) is 21.0. The molecule has 0 heterocycles. The van der Waals surface area contributed by atoms with Crippen LogP contribution in [0, 0.1) is 5.92 Å². The zero-order valence-electron chi connectivity index (χ0n) is 22.1. The van der Waals surface area contributed by atoms with Crippen molar-refractivity contribution in [2.75, 3.05) is 7.11 Å². The van der Waals surface area contributed by atoms with Crippen molar-refractivity contribution in [2.45, 2.75) is 135 Å². The van der Waals surface area contributed by atoms with Crippen molar-refractivity contribution in [3.05, 3.63) is 0 Å². The number of rotatable bonds is 12. The van der Waals surface area contributed by atoms with Gasteiger partial charge in [-0.25, -0.2) is 0 Å². The number of amides is 2. The van der Waals surface area contributed by atoms with Crippen LogP contribution in [0.2, 0.25) is 13.3 Å². The molecule has 1 saturated carbocycles. The van der Waals surface area contributed by atoms with Gasteiger partial charge >= 0.3 is 203 Å². The molecule has 1 aliphatic rings. The summed E-state index contributed by atoms with van der Waals surface area (Å²) in [6, 6.07) is 0. The van der Waals surface area contributed by atoms with Crippen LogP contribution >= 0.6 is 0 Å². The van der Waals surface area contributed by atoms with Crippen LogP contribution in [0.5, 0.6) is 0 Å². The Kier molecular flexibility index (Phi) is 13.6. The van der Waals surface area contributed by atoms with E-state index in [1.54, 1.807) is 0 Å². The van der Waals surface area contributed by atoms with Gasteiger partial charge in [0.05, 0.1) is 0 Å². The van der Waals surface area contributed by atoms with Crippen molar-refractivity contribution in [2.24, 2.45) is 5.92 Å². The maximum absolute atomic E-state index is 13.5. The van der Waals surface area contributed by atoms with Crippen LogP contribution in [0.25, 0.3) is 0 Å². The summed E-state index contributed by atoms with van der Waals surface area (Å²) >= 11 is -3.03. The summed E-state index contributed by atoms with van der Waals surface area (Å²) in [6.07, 6.45) is 12.0. The third kappa shape index (κ3) is 9.06. The maximum atomic E-state index is 13.5. The fourth-order valence-electron chi connectivity index (χ4n) is 5.55. The molecule has 6 heteroatoms. The van der Waals surface area contributed by atoms with Gasteiger partial charge in [-0.3, -0.25) is 0 Å². The predicted molar refractivity (Wildman–Crippen MR) is 136 cm³/mol. The molecule has 0 aromatic carbocycles. The molecule has 1 aliphatic carbocycles. The molecular weight excluding hydrogens is 509 g/mol. The number of unbranched alkanes of at least 4 members (excludes halogenated alkanes) is 3. The number of nitrogens with zero attached hydrogens (tertiary/aromatic N) is 1. The second-order valence-electron chi connectivity index (χ2n) is 10.8. The first kappa shape index (κ1) is 29.6. The Morgan fingerprint density at radius 1 is 0.875 bits per heavy atom. The van der Waals surface area contributed by atoms with Crippen molar-refractivity contribution in [1.82, 2.24) is 4.90 Å². The summed E-state index contributed by atoms with van der Waals surface area (Å²) in [5, 5.41) is 0. The number of ether oxygens (including phenoxy) is 2. The molecule has 1 fully saturated rings. The molecule has 0 saturated heterocycles. The molecule has 0 N–H and O–H groups in total. The third-order valence-electron chi connectivity index (χ3n) is 7.05. The van der Waals surface area contributed by atoms with Crippen molar-refractivity contribution >= 4 is 30.6 Å². The molecule has 0 aromatic rings. The molecule has 0 aromatic heterocycles. The van der Waals surface area contributed by atoms with Gasteiger partial charge in [-0.2, -0.15) is 0 Å². The van der Waals surface area contributed by atoms with Gasteiger partial charge in [0.1, 0.15) is 0 Å². The Morgan fingerprint density at radius 2 is 1.34 bits per heavy atom. The van der Waals surface area contributed by atoms with E-state index in [1.807, 2.05) is 20.8 Å². The second kappa shape index (κ2) is 14.7. The van der Waals surface area contributed by atoms with Gasteiger partial charge in [0, 0.05) is 0 Å². The molecule has 0 radical (unpaired) electrons. The number of hydrogen-bond donors (Lipinski definition) is 0. The van der Waals surface area contributed by atoms with Crippen molar-refractivity contribution < 1.29 is 19.1 Å². The van der Waals surface area contributed by atoms with Crippen molar-refractivity contribution in [3.8, 4) is 0 Å². The molecule has 1 unspecified atom stereocenters. The van der Waals surface area contributed by atoms with Crippen molar-refractivity contribution in [3.63, 3.8) is 0 Å². The summed E-state index contributed by atoms with van der Waals surface area (Å²) in [5.41, 5.74) is -0.644. The normalized spacial score (nSPS) is 16.5. The van der Waals surface area contributed by atoms with Crippen LogP contribution in [0.1, 0.15) is 112 Å². The van der Waals surface area contributed by atoms with Crippen LogP contribution in [0.15, 0.2) is 0 Å². The Labute approximate surface area is 202 Å². The van der Waals surface area contributed by atoms with E-state index >= 15 is 0 Å². The quantitative estimate of drug-likeness (QED) is 0.225. The topological polar surface area (TPSA) is 55.8 Å². The van der Waals surface area contributed by atoms with E-state index in [0.717, 1.165) is 12.8 Å². The predicted octanol–water partition coefficient (Wildman–Crippen LogP) is 8.33. The summed E-state index contributed by atoms with van der Waals surface area (Å²) in [7, 11) is 1.40. The summed E-state index contributed by atoms with van der Waals surface area (Å²) in [5.74, 6) is 0.400. The molecule has 1 rings (SSSR count). The standard InChI is InChI=1S/C14H24NO4.3C4H9.Sn/c1-14(2,3)19-13(17)15(12(16)18-4)10-11-8-6-5-7-9-11;3*1-3-4-2;/h10-11H,5-9H2,1-4H3;3*1,3-4H2,2H3;. The zero-order chi connectivity index (χ0) is 24.2. The number of methoxy groups -OCH3 is 1. The fourth-order valence-corrected chi connectivity index (χ4v) is 25.3. The third-order valence-corrected chi connectivity index (χ3v) is 24.3. The van der Waals surface area contributed by atoms with Crippen LogP contribution in [0.4, 0.5) is 9.59 Å². The Balaban J connectivity index is 3.60. The van der Waals surface area contributed by atoms with Gasteiger partial charge in [0.25, 0.3) is 0 Å². The van der Waals surface area contributed by atoms with Crippen LogP contribution in [-0.4, -0.2) is 52.2 Å². The molecule has 2 amide bonds. The molecule has 5 nitrogen and oxygen atoms in total. The van der Waals surface area contributed by atoms with E-state index in [2.05, 4.69) is 20.8 Å². The molecule has 1 atom stereocenters. The van der Waals surface area contributed by atoms with E-state index in [0.29, 0.717) is 5.92 Å². The zero-order valence-corrected chi connectivity index (χ0v) is 25.0. The average molecular weight is 560 g/mol. The SMILES string of the molecule is CCC[CH2][Sn]([CH2]CCC)([CH2]CCC)[CH](C1CCCCC1)N(C(=O)OC)C(=O)OC(C)(C)C.